The maximum Gasteiger partial charge on any atom is 0.303 e. The first kappa shape index (κ1) is 46.2. The molecule has 0 aromatic rings. The van der Waals surface area contributed by atoms with Gasteiger partial charge in [0.15, 0.2) is 0 Å². The van der Waals surface area contributed by atoms with Crippen molar-refractivity contribution in [3.63, 3.8) is 0 Å². The summed E-state index contributed by atoms with van der Waals surface area (Å²) in [4.78, 5) is 21.0. The Labute approximate surface area is 291 Å². The van der Waals surface area contributed by atoms with Crippen molar-refractivity contribution >= 4 is 11.9 Å². The van der Waals surface area contributed by atoms with Gasteiger partial charge in [-0.3, -0.25) is 9.59 Å². The molecule has 0 amide bonds. The van der Waals surface area contributed by atoms with Crippen molar-refractivity contribution in [3.8, 4) is 0 Å². The first-order chi connectivity index (χ1) is 23.1. The Morgan fingerprint density at radius 1 is 0.500 bits per heavy atom. The number of allylic oxidation sites excluding steroid dienone is 2. The molecular formula is C39H72O9. The Bertz CT molecular complexity index is 755. The minimum atomic E-state index is -1.29. The Kier molecular flexibility index (Phi) is 31.2. The van der Waals surface area contributed by atoms with E-state index in [0.717, 1.165) is 141 Å². The van der Waals surface area contributed by atoms with Gasteiger partial charge in [0.25, 0.3) is 0 Å². The van der Waals surface area contributed by atoms with Crippen LogP contribution in [-0.2, 0) is 9.59 Å². The molecule has 3 atom stereocenters. The van der Waals surface area contributed by atoms with Gasteiger partial charge in [-0.15, -0.1) is 0 Å². The second-order valence-corrected chi connectivity index (χ2v) is 13.8. The van der Waals surface area contributed by atoms with Crippen LogP contribution in [0, 0.1) is 0 Å². The highest BCUT2D eigenvalue weighted by Gasteiger charge is 2.34. The van der Waals surface area contributed by atoms with Crippen molar-refractivity contribution in [2.75, 3.05) is 6.61 Å². The third-order valence-electron chi connectivity index (χ3n) is 9.26. The van der Waals surface area contributed by atoms with Crippen LogP contribution in [-0.4, -0.2) is 78.2 Å². The van der Waals surface area contributed by atoms with E-state index in [2.05, 4.69) is 12.2 Å². The number of rotatable bonds is 36. The zero-order chi connectivity index (χ0) is 35.7. The summed E-state index contributed by atoms with van der Waals surface area (Å²) in [6.45, 7) is -0.463. The molecule has 1 unspecified atom stereocenters. The second-order valence-electron chi connectivity index (χ2n) is 13.8. The number of aliphatic carboxylic acids is 2. The Morgan fingerprint density at radius 3 is 1.25 bits per heavy atom. The van der Waals surface area contributed by atoms with Gasteiger partial charge in [0.1, 0.15) is 6.10 Å². The van der Waals surface area contributed by atoms with Crippen molar-refractivity contribution in [2.24, 2.45) is 0 Å². The van der Waals surface area contributed by atoms with Gasteiger partial charge in [-0.05, 0) is 77.0 Å². The quantitative estimate of drug-likeness (QED) is 0.0255. The standard InChI is InChI=1S/C39H72O9/c40-33-36(43)39(48,31-23-15-13-19-27-34(41)25-17-9-5-1-3-7-11-21-29-37(44)45)32-24-16-14-20-28-35(42)26-18-10-6-2-4-8-12-22-30-38(46)47/h9-10,17-18,34-36,40-43,48H,1-8,11-16,19-33H2,(H,44,45)(H,46,47)/b17-9-,18-10-/t34-,35-,36?/m0/s1. The van der Waals surface area contributed by atoms with Gasteiger partial charge in [-0.1, -0.05) is 114 Å². The zero-order valence-corrected chi connectivity index (χ0v) is 30.0. The number of aliphatic hydroxyl groups excluding tert-OH is 4. The first-order valence-electron chi connectivity index (χ1n) is 19.2. The predicted octanol–water partition coefficient (Wildman–Crippen LogP) is 8.00. The highest BCUT2D eigenvalue weighted by atomic mass is 16.4. The SMILES string of the molecule is O=C(O)CCCCCCC/C=C\C[C@H](O)CCCCCCC(O)(CCCCCC[C@@H](O)C/C=C\CCCCCCCC(=O)O)C(O)CO. The molecule has 0 radical (unpaired) electrons. The first-order valence-corrected chi connectivity index (χ1v) is 19.2. The van der Waals surface area contributed by atoms with Crippen LogP contribution in [0.5, 0.6) is 0 Å². The summed E-state index contributed by atoms with van der Waals surface area (Å²) in [5.74, 6) is -1.45. The summed E-state index contributed by atoms with van der Waals surface area (Å²) in [7, 11) is 0. The fourth-order valence-corrected chi connectivity index (χ4v) is 6.07. The Morgan fingerprint density at radius 2 is 0.854 bits per heavy atom. The lowest BCUT2D eigenvalue weighted by molar-refractivity contribution is -0.138. The van der Waals surface area contributed by atoms with E-state index in [1.807, 2.05) is 12.2 Å². The van der Waals surface area contributed by atoms with Crippen LogP contribution in [0.3, 0.4) is 0 Å². The average molecular weight is 685 g/mol. The number of hydrogen-bond donors (Lipinski definition) is 7. The fourth-order valence-electron chi connectivity index (χ4n) is 6.07. The van der Waals surface area contributed by atoms with Gasteiger partial charge in [-0.2, -0.15) is 0 Å². The number of carboxylic acids is 2. The van der Waals surface area contributed by atoms with Gasteiger partial charge in [0.2, 0.25) is 0 Å². The molecule has 0 heterocycles. The van der Waals surface area contributed by atoms with E-state index in [4.69, 9.17) is 10.2 Å². The molecule has 0 aliphatic heterocycles. The fraction of sp³-hybridized carbons (Fsp3) is 0.846. The summed E-state index contributed by atoms with van der Waals surface area (Å²) in [6, 6.07) is 0. The zero-order valence-electron chi connectivity index (χ0n) is 30.0. The van der Waals surface area contributed by atoms with Gasteiger partial charge in [-0.25, -0.2) is 0 Å². The molecule has 0 saturated heterocycles. The largest absolute Gasteiger partial charge is 0.481 e. The third-order valence-corrected chi connectivity index (χ3v) is 9.26. The summed E-state index contributed by atoms with van der Waals surface area (Å²) >= 11 is 0. The molecule has 0 saturated carbocycles. The van der Waals surface area contributed by atoms with Gasteiger partial charge < -0.3 is 35.7 Å². The number of unbranched alkanes of at least 4 members (excludes halogenated alkanes) is 16. The number of hydrogen-bond acceptors (Lipinski definition) is 7. The van der Waals surface area contributed by atoms with Crippen molar-refractivity contribution in [1.29, 1.82) is 0 Å². The molecule has 9 heteroatoms. The topological polar surface area (TPSA) is 176 Å². The molecule has 7 N–H and O–H groups in total. The van der Waals surface area contributed by atoms with Crippen LogP contribution < -0.4 is 0 Å². The summed E-state index contributed by atoms with van der Waals surface area (Å²) in [5, 5.41) is 68.7. The molecule has 282 valence electrons. The van der Waals surface area contributed by atoms with Crippen molar-refractivity contribution in [2.45, 2.75) is 204 Å². The predicted molar refractivity (Wildman–Crippen MR) is 193 cm³/mol. The van der Waals surface area contributed by atoms with E-state index in [9.17, 15) is 35.1 Å². The van der Waals surface area contributed by atoms with Gasteiger partial charge >= 0.3 is 11.9 Å². The van der Waals surface area contributed by atoms with E-state index in [1.165, 1.54) is 0 Å². The molecule has 0 spiro atoms. The van der Waals surface area contributed by atoms with Crippen LogP contribution in [0.2, 0.25) is 0 Å². The van der Waals surface area contributed by atoms with E-state index in [-0.39, 0.29) is 25.0 Å². The van der Waals surface area contributed by atoms with Crippen LogP contribution >= 0.6 is 0 Å². The smallest absolute Gasteiger partial charge is 0.303 e. The highest BCUT2D eigenvalue weighted by molar-refractivity contribution is 5.66. The minimum Gasteiger partial charge on any atom is -0.481 e. The van der Waals surface area contributed by atoms with Crippen molar-refractivity contribution < 1.29 is 45.3 Å². The van der Waals surface area contributed by atoms with Crippen LogP contribution in [0.1, 0.15) is 180 Å². The second kappa shape index (κ2) is 32.4. The van der Waals surface area contributed by atoms with E-state index < -0.39 is 30.3 Å². The van der Waals surface area contributed by atoms with Crippen LogP contribution in [0.4, 0.5) is 0 Å². The lowest BCUT2D eigenvalue weighted by atomic mass is 9.85. The molecule has 0 rings (SSSR count). The van der Waals surface area contributed by atoms with Crippen LogP contribution in [0.25, 0.3) is 0 Å². The number of carbonyl (C=O) groups is 2. The van der Waals surface area contributed by atoms with Crippen molar-refractivity contribution in [3.05, 3.63) is 24.3 Å². The van der Waals surface area contributed by atoms with E-state index in [0.29, 0.717) is 25.7 Å². The number of aliphatic hydroxyl groups is 5. The molecule has 0 fully saturated rings. The third kappa shape index (κ3) is 30.3. The van der Waals surface area contributed by atoms with Crippen LogP contribution in [0.15, 0.2) is 24.3 Å². The summed E-state index contributed by atoms with van der Waals surface area (Å²) in [6.07, 6.45) is 29.6. The average Bonchev–Trinajstić information content (AvgIpc) is 3.05. The molecule has 48 heavy (non-hydrogen) atoms. The maximum atomic E-state index is 11.1. The highest BCUT2D eigenvalue weighted by Crippen LogP contribution is 2.27. The molecule has 0 bridgehead atoms. The Hall–Kier alpha value is -1.78. The van der Waals surface area contributed by atoms with Gasteiger partial charge in [0, 0.05) is 12.8 Å². The molecule has 0 aromatic heterocycles. The molecule has 0 aromatic carbocycles. The summed E-state index contributed by atoms with van der Waals surface area (Å²) in [5.41, 5.74) is -1.29. The monoisotopic (exact) mass is 685 g/mol. The van der Waals surface area contributed by atoms with E-state index in [1.54, 1.807) is 0 Å². The molecule has 0 aliphatic carbocycles. The minimum absolute atomic E-state index is 0.256. The number of carboxylic acid groups (broad SMARTS) is 2. The molecule has 9 nitrogen and oxygen atoms in total. The summed E-state index contributed by atoms with van der Waals surface area (Å²) < 4.78 is 0. The van der Waals surface area contributed by atoms with Crippen molar-refractivity contribution in [1.82, 2.24) is 0 Å². The normalized spacial score (nSPS) is 14.2. The van der Waals surface area contributed by atoms with Gasteiger partial charge in [0.05, 0.1) is 24.4 Å². The molecular weight excluding hydrogens is 612 g/mol. The lowest BCUT2D eigenvalue weighted by Gasteiger charge is -2.32. The lowest BCUT2D eigenvalue weighted by Crippen LogP contribution is -2.44. The molecule has 0 aliphatic rings. The van der Waals surface area contributed by atoms with E-state index >= 15 is 0 Å². The maximum absolute atomic E-state index is 11.1. The Balaban J connectivity index is 3.89.